The van der Waals surface area contributed by atoms with Crippen LogP contribution in [0.1, 0.15) is 11.4 Å². The van der Waals surface area contributed by atoms with Crippen LogP contribution in [0.5, 0.6) is 0 Å². The molecule has 0 saturated heterocycles. The Balaban J connectivity index is 2.08. The number of amides is 1. The number of alkyl halides is 3. The van der Waals surface area contributed by atoms with Crippen molar-refractivity contribution in [3.63, 3.8) is 0 Å². The molecule has 0 atom stereocenters. The Labute approximate surface area is 120 Å². The van der Waals surface area contributed by atoms with E-state index in [0.717, 1.165) is 0 Å². The number of carbonyl (C=O) groups excluding carboxylic acids is 1. The fourth-order valence-electron chi connectivity index (χ4n) is 1.62. The van der Waals surface area contributed by atoms with Crippen LogP contribution in [0.15, 0.2) is 24.3 Å². The van der Waals surface area contributed by atoms with E-state index in [0.29, 0.717) is 0 Å². The molecule has 0 aliphatic heterocycles. The highest BCUT2D eigenvalue weighted by Gasteiger charge is 2.35. The molecule has 1 aromatic carbocycles. The van der Waals surface area contributed by atoms with Gasteiger partial charge >= 0.3 is 6.18 Å². The van der Waals surface area contributed by atoms with E-state index in [9.17, 15) is 28.1 Å². The first kappa shape index (κ1) is 15.4. The van der Waals surface area contributed by atoms with Crippen molar-refractivity contribution >= 4 is 17.5 Å². The van der Waals surface area contributed by atoms with Gasteiger partial charge in [0.15, 0.2) is 0 Å². The van der Waals surface area contributed by atoms with Gasteiger partial charge in [-0.05, 0) is 0 Å². The van der Waals surface area contributed by atoms with E-state index in [2.05, 4.69) is 10.1 Å². The number of hydrogen-bond acceptors (Lipinski definition) is 5. The quantitative estimate of drug-likeness (QED) is 0.661. The van der Waals surface area contributed by atoms with Crippen LogP contribution < -0.4 is 5.32 Å². The van der Waals surface area contributed by atoms with Crippen LogP contribution in [-0.4, -0.2) is 26.0 Å². The molecule has 0 bridgehead atoms. The second-order valence-electron chi connectivity index (χ2n) is 4.12. The van der Waals surface area contributed by atoms with E-state index in [1.807, 2.05) is 5.32 Å². The molecule has 116 valence electrons. The Bertz CT molecular complexity index is 713. The van der Waals surface area contributed by atoms with Crippen LogP contribution in [0.3, 0.4) is 0 Å². The summed E-state index contributed by atoms with van der Waals surface area (Å²) < 4.78 is 36.9. The molecule has 1 heterocycles. The smallest absolute Gasteiger partial charge is 0.293 e. The number of hydrogen-bond donors (Lipinski definition) is 2. The average molecular weight is 315 g/mol. The van der Waals surface area contributed by atoms with Crippen molar-refractivity contribution in [3.8, 4) is 0 Å². The number of halogens is 3. The zero-order valence-electron chi connectivity index (χ0n) is 10.7. The summed E-state index contributed by atoms with van der Waals surface area (Å²) in [5, 5.41) is 17.7. The standard InChI is InChI=1S/C11H8F3N5O3/c12-11(13,14)9-16-10(18-17-9)15-8(20)5-6-3-1-2-4-7(6)19(21)22/h1-4H,5H2,(H2,15,16,17,18,20). The number of rotatable bonds is 4. The molecule has 22 heavy (non-hydrogen) atoms. The number of H-pyrrole nitrogens is 1. The minimum Gasteiger partial charge on any atom is -0.293 e. The molecule has 1 amide bonds. The molecule has 2 N–H and O–H groups in total. The van der Waals surface area contributed by atoms with Gasteiger partial charge in [-0.25, -0.2) is 0 Å². The summed E-state index contributed by atoms with van der Waals surface area (Å²) in [5.41, 5.74) is -0.139. The van der Waals surface area contributed by atoms with Crippen molar-refractivity contribution in [2.75, 3.05) is 5.32 Å². The van der Waals surface area contributed by atoms with Crippen LogP contribution in [-0.2, 0) is 17.4 Å². The van der Waals surface area contributed by atoms with Gasteiger partial charge in [0.05, 0.1) is 11.3 Å². The molecule has 0 aliphatic rings. The highest BCUT2D eigenvalue weighted by molar-refractivity contribution is 5.91. The molecule has 8 nitrogen and oxygen atoms in total. The first-order valence-corrected chi connectivity index (χ1v) is 5.79. The zero-order valence-corrected chi connectivity index (χ0v) is 10.7. The molecule has 2 aromatic rings. The molecule has 2 rings (SSSR count). The van der Waals surface area contributed by atoms with Crippen LogP contribution in [0, 0.1) is 10.1 Å². The average Bonchev–Trinajstić information content (AvgIpc) is 2.87. The second kappa shape index (κ2) is 5.79. The highest BCUT2D eigenvalue weighted by Crippen LogP contribution is 2.26. The number of anilines is 1. The Morgan fingerprint density at radius 2 is 2.05 bits per heavy atom. The van der Waals surface area contributed by atoms with Gasteiger partial charge in [0.25, 0.3) is 5.69 Å². The summed E-state index contributed by atoms with van der Waals surface area (Å²) in [6, 6.07) is 5.53. The predicted molar refractivity (Wildman–Crippen MR) is 66.8 cm³/mol. The number of nitrogens with one attached hydrogen (secondary N) is 2. The minimum atomic E-state index is -4.71. The van der Waals surface area contributed by atoms with Gasteiger partial charge in [0.1, 0.15) is 0 Å². The van der Waals surface area contributed by atoms with E-state index in [1.165, 1.54) is 24.3 Å². The maximum Gasteiger partial charge on any atom is 0.451 e. The fourth-order valence-corrected chi connectivity index (χ4v) is 1.62. The Morgan fingerprint density at radius 1 is 1.36 bits per heavy atom. The van der Waals surface area contributed by atoms with Crippen LogP contribution in [0.2, 0.25) is 0 Å². The highest BCUT2D eigenvalue weighted by atomic mass is 19.4. The molecule has 0 unspecified atom stereocenters. The normalized spacial score (nSPS) is 11.2. The maximum atomic E-state index is 12.3. The SMILES string of the molecule is O=C(Cc1ccccc1[N+](=O)[O-])Nc1n[nH]c(C(F)(F)F)n1. The van der Waals surface area contributed by atoms with Crippen molar-refractivity contribution in [2.24, 2.45) is 0 Å². The van der Waals surface area contributed by atoms with Crippen molar-refractivity contribution in [1.82, 2.24) is 15.2 Å². The summed E-state index contributed by atoms with van der Waals surface area (Å²) in [5.74, 6) is -2.69. The molecule has 11 heteroatoms. The molecular formula is C11H8F3N5O3. The number of nitro benzene ring substituents is 1. The van der Waals surface area contributed by atoms with E-state index in [1.54, 1.807) is 5.10 Å². The van der Waals surface area contributed by atoms with Crippen LogP contribution in [0.25, 0.3) is 0 Å². The van der Waals surface area contributed by atoms with Gasteiger partial charge < -0.3 is 0 Å². The second-order valence-corrected chi connectivity index (χ2v) is 4.12. The van der Waals surface area contributed by atoms with E-state index in [4.69, 9.17) is 0 Å². The third-order valence-electron chi connectivity index (χ3n) is 2.54. The minimum absolute atomic E-state index is 0.122. The van der Waals surface area contributed by atoms with Crippen LogP contribution in [0.4, 0.5) is 24.8 Å². The summed E-state index contributed by atoms with van der Waals surface area (Å²) in [6.45, 7) is 0. The summed E-state index contributed by atoms with van der Waals surface area (Å²) in [7, 11) is 0. The van der Waals surface area contributed by atoms with Crippen molar-refractivity contribution in [2.45, 2.75) is 12.6 Å². The number of carbonyl (C=O) groups is 1. The van der Waals surface area contributed by atoms with Crippen LogP contribution >= 0.6 is 0 Å². The van der Waals surface area contributed by atoms with E-state index in [-0.39, 0.29) is 11.3 Å². The summed E-state index contributed by atoms with van der Waals surface area (Å²) in [4.78, 5) is 24.9. The van der Waals surface area contributed by atoms with E-state index >= 15 is 0 Å². The molecule has 0 aliphatic carbocycles. The maximum absolute atomic E-state index is 12.3. The third kappa shape index (κ3) is 3.56. The van der Waals surface area contributed by atoms with Crippen molar-refractivity contribution < 1.29 is 22.9 Å². The topological polar surface area (TPSA) is 114 Å². The van der Waals surface area contributed by atoms with Crippen molar-refractivity contribution in [3.05, 3.63) is 45.8 Å². The molecular weight excluding hydrogens is 307 g/mol. The zero-order chi connectivity index (χ0) is 16.3. The molecule has 0 spiro atoms. The molecule has 0 saturated carbocycles. The van der Waals surface area contributed by atoms with Crippen molar-refractivity contribution in [1.29, 1.82) is 0 Å². The molecule has 0 radical (unpaired) electrons. The number of aromatic nitrogens is 3. The largest absolute Gasteiger partial charge is 0.451 e. The Kier molecular flexibility index (Phi) is 4.06. The van der Waals surface area contributed by atoms with Gasteiger partial charge in [-0.2, -0.15) is 18.2 Å². The molecule has 0 fully saturated rings. The number of nitro groups is 1. The number of para-hydroxylation sites is 1. The predicted octanol–water partition coefficient (Wildman–Crippen LogP) is 1.91. The molecule has 1 aromatic heterocycles. The summed E-state index contributed by atoms with van der Waals surface area (Å²) in [6.07, 6.45) is -5.11. The lowest BCUT2D eigenvalue weighted by Crippen LogP contribution is -2.16. The third-order valence-corrected chi connectivity index (χ3v) is 2.54. The van der Waals surface area contributed by atoms with Gasteiger partial charge in [-0.1, -0.05) is 18.2 Å². The van der Waals surface area contributed by atoms with Gasteiger partial charge in [-0.15, -0.1) is 5.10 Å². The first-order chi connectivity index (χ1) is 10.3. The fraction of sp³-hybridized carbons (Fsp3) is 0.182. The number of nitrogens with zero attached hydrogens (tertiary/aromatic N) is 3. The lowest BCUT2D eigenvalue weighted by atomic mass is 10.1. The van der Waals surface area contributed by atoms with E-state index < -0.39 is 35.2 Å². The van der Waals surface area contributed by atoms with Gasteiger partial charge in [0, 0.05) is 11.6 Å². The van der Waals surface area contributed by atoms with Gasteiger partial charge in [-0.3, -0.25) is 25.3 Å². The first-order valence-electron chi connectivity index (χ1n) is 5.79. The summed E-state index contributed by atoms with van der Waals surface area (Å²) >= 11 is 0. The lowest BCUT2D eigenvalue weighted by Gasteiger charge is -2.02. The monoisotopic (exact) mass is 315 g/mol. The number of benzene rings is 1. The Morgan fingerprint density at radius 3 is 2.64 bits per heavy atom. The number of aromatic amines is 1. The Hall–Kier alpha value is -2.98. The lowest BCUT2D eigenvalue weighted by molar-refractivity contribution is -0.385. The van der Waals surface area contributed by atoms with Gasteiger partial charge in [0.2, 0.25) is 17.7 Å².